The molecular weight excluding hydrogens is 305 g/mol. The third-order valence-corrected chi connectivity index (χ3v) is 3.87. The highest BCUT2D eigenvalue weighted by Gasteiger charge is 2.20. The number of hydrogen-bond acceptors (Lipinski definition) is 5. The first-order valence-electron chi connectivity index (χ1n) is 7.56. The molecule has 8 heteroatoms. The van der Waals surface area contributed by atoms with Gasteiger partial charge in [-0.25, -0.2) is 4.39 Å². The van der Waals surface area contributed by atoms with Crippen molar-refractivity contribution in [3.05, 3.63) is 28.1 Å². The molecule has 2 N–H and O–H groups in total. The summed E-state index contributed by atoms with van der Waals surface area (Å²) in [5, 5.41) is 16.4. The van der Waals surface area contributed by atoms with Gasteiger partial charge in [0.15, 0.2) is 11.6 Å². The number of carbonyl (C=O) groups is 1. The van der Waals surface area contributed by atoms with E-state index < -0.39 is 16.4 Å². The minimum atomic E-state index is -0.803. The van der Waals surface area contributed by atoms with E-state index in [2.05, 4.69) is 10.6 Å². The number of benzene rings is 1. The molecule has 1 aliphatic rings. The second-order valence-electron chi connectivity index (χ2n) is 5.52. The molecule has 1 aromatic rings. The molecule has 0 spiro atoms. The Bertz CT molecular complexity index is 588. The zero-order chi connectivity index (χ0) is 16.8. The molecule has 7 nitrogen and oxygen atoms in total. The summed E-state index contributed by atoms with van der Waals surface area (Å²) < 4.78 is 18.8. The predicted octanol–water partition coefficient (Wildman–Crippen LogP) is 2.60. The summed E-state index contributed by atoms with van der Waals surface area (Å²) in [4.78, 5) is 22.0. The minimum Gasteiger partial charge on any atom is -0.490 e. The maximum atomic E-state index is 13.9. The van der Waals surface area contributed by atoms with Gasteiger partial charge in [-0.1, -0.05) is 19.3 Å². The fraction of sp³-hybridized carbons (Fsp3) is 0.533. The number of nitrogens with one attached hydrogen (secondary N) is 2. The lowest BCUT2D eigenvalue weighted by Gasteiger charge is -2.22. The minimum absolute atomic E-state index is 0.00811. The molecule has 1 fully saturated rings. The first kappa shape index (κ1) is 17.0. The van der Waals surface area contributed by atoms with Crippen molar-refractivity contribution in [2.45, 2.75) is 38.1 Å². The second kappa shape index (κ2) is 7.75. The average molecular weight is 325 g/mol. The molecule has 1 aromatic carbocycles. The predicted molar refractivity (Wildman–Crippen MR) is 83.1 cm³/mol. The van der Waals surface area contributed by atoms with Gasteiger partial charge in [0.1, 0.15) is 0 Å². The number of rotatable bonds is 6. The SMILES string of the molecule is COc1cc(NCC(=O)NC2CCCCC2)c(F)cc1[N+](=O)[O-]. The molecule has 0 saturated heterocycles. The lowest BCUT2D eigenvalue weighted by Crippen LogP contribution is -2.39. The maximum absolute atomic E-state index is 13.9. The molecule has 23 heavy (non-hydrogen) atoms. The number of carbonyl (C=O) groups excluding carboxylic acids is 1. The molecule has 0 aromatic heterocycles. The van der Waals surface area contributed by atoms with Crippen LogP contribution in [0.3, 0.4) is 0 Å². The van der Waals surface area contributed by atoms with E-state index in [1.165, 1.54) is 19.6 Å². The molecule has 126 valence electrons. The summed E-state index contributed by atoms with van der Waals surface area (Å²) in [6.07, 6.45) is 5.33. The Morgan fingerprint density at radius 1 is 1.39 bits per heavy atom. The fourth-order valence-corrected chi connectivity index (χ4v) is 2.69. The zero-order valence-electron chi connectivity index (χ0n) is 12.9. The van der Waals surface area contributed by atoms with Crippen LogP contribution in [-0.2, 0) is 4.79 Å². The molecule has 1 saturated carbocycles. The van der Waals surface area contributed by atoms with Crippen LogP contribution in [0.4, 0.5) is 15.8 Å². The van der Waals surface area contributed by atoms with Gasteiger partial charge in [0.05, 0.1) is 30.3 Å². The van der Waals surface area contributed by atoms with Crippen molar-refractivity contribution in [3.8, 4) is 5.75 Å². The lowest BCUT2D eigenvalue weighted by molar-refractivity contribution is -0.385. The van der Waals surface area contributed by atoms with E-state index in [0.29, 0.717) is 0 Å². The number of ether oxygens (including phenoxy) is 1. The molecular formula is C15H20FN3O4. The molecule has 1 aliphatic carbocycles. The van der Waals surface area contributed by atoms with Crippen LogP contribution in [-0.4, -0.2) is 30.5 Å². The smallest absolute Gasteiger partial charge is 0.313 e. The van der Waals surface area contributed by atoms with E-state index in [9.17, 15) is 19.3 Å². The van der Waals surface area contributed by atoms with E-state index in [1.54, 1.807) is 0 Å². The summed E-state index contributed by atoms with van der Waals surface area (Å²) in [7, 11) is 1.26. The van der Waals surface area contributed by atoms with Gasteiger partial charge in [0.25, 0.3) is 0 Å². The van der Waals surface area contributed by atoms with Gasteiger partial charge in [0.2, 0.25) is 5.91 Å². The highest BCUT2D eigenvalue weighted by Crippen LogP contribution is 2.32. The number of anilines is 1. The summed E-state index contributed by atoms with van der Waals surface area (Å²) >= 11 is 0. The van der Waals surface area contributed by atoms with Crippen LogP contribution in [0.5, 0.6) is 5.75 Å². The number of methoxy groups -OCH3 is 1. The summed E-state index contributed by atoms with van der Waals surface area (Å²) in [5.74, 6) is -1.09. The highest BCUT2D eigenvalue weighted by atomic mass is 19.1. The Morgan fingerprint density at radius 3 is 2.70 bits per heavy atom. The quantitative estimate of drug-likeness (QED) is 0.619. The van der Waals surface area contributed by atoms with E-state index in [1.807, 2.05) is 0 Å². The van der Waals surface area contributed by atoms with E-state index in [-0.39, 0.29) is 29.9 Å². The van der Waals surface area contributed by atoms with Crippen molar-refractivity contribution in [2.24, 2.45) is 0 Å². The van der Waals surface area contributed by atoms with Crippen LogP contribution < -0.4 is 15.4 Å². The Morgan fingerprint density at radius 2 is 2.09 bits per heavy atom. The number of hydrogen-bond donors (Lipinski definition) is 2. The van der Waals surface area contributed by atoms with Gasteiger partial charge in [-0.15, -0.1) is 0 Å². The van der Waals surface area contributed by atoms with Crippen molar-refractivity contribution < 1.29 is 18.8 Å². The number of nitrogens with zero attached hydrogens (tertiary/aromatic N) is 1. The molecule has 1 amide bonds. The van der Waals surface area contributed by atoms with Crippen molar-refractivity contribution in [1.82, 2.24) is 5.32 Å². The number of halogens is 1. The molecule has 0 aliphatic heterocycles. The largest absolute Gasteiger partial charge is 0.490 e. The normalized spacial score (nSPS) is 15.0. The maximum Gasteiger partial charge on any atom is 0.313 e. The Hall–Kier alpha value is -2.38. The van der Waals surface area contributed by atoms with Gasteiger partial charge in [-0.2, -0.15) is 0 Å². The van der Waals surface area contributed by atoms with Crippen molar-refractivity contribution >= 4 is 17.3 Å². The summed E-state index contributed by atoms with van der Waals surface area (Å²) in [6.45, 7) is -0.103. The first-order valence-corrected chi connectivity index (χ1v) is 7.56. The lowest BCUT2D eigenvalue weighted by atomic mass is 9.95. The van der Waals surface area contributed by atoms with Gasteiger partial charge in [-0.3, -0.25) is 14.9 Å². The standard InChI is InChI=1S/C15H20FN3O4/c1-23-14-8-12(11(16)7-13(14)19(21)22)17-9-15(20)18-10-5-3-2-4-6-10/h7-8,10,17H,2-6,9H2,1H3,(H,18,20). The molecule has 0 atom stereocenters. The number of nitro groups is 1. The molecule has 0 unspecified atom stereocenters. The number of amides is 1. The second-order valence-corrected chi connectivity index (χ2v) is 5.52. The van der Waals surface area contributed by atoms with E-state index >= 15 is 0 Å². The molecule has 2 rings (SSSR count). The van der Waals surface area contributed by atoms with Gasteiger partial charge >= 0.3 is 5.69 Å². The van der Waals surface area contributed by atoms with Crippen molar-refractivity contribution in [3.63, 3.8) is 0 Å². The van der Waals surface area contributed by atoms with Crippen LogP contribution in [0, 0.1) is 15.9 Å². The van der Waals surface area contributed by atoms with Crippen LogP contribution in [0.15, 0.2) is 12.1 Å². The molecule has 0 bridgehead atoms. The van der Waals surface area contributed by atoms with Crippen LogP contribution in [0.2, 0.25) is 0 Å². The van der Waals surface area contributed by atoms with E-state index in [4.69, 9.17) is 4.74 Å². The summed E-state index contributed by atoms with van der Waals surface area (Å²) in [5.41, 5.74) is -0.464. The van der Waals surface area contributed by atoms with Gasteiger partial charge in [0, 0.05) is 12.1 Å². The van der Waals surface area contributed by atoms with E-state index in [0.717, 1.165) is 31.7 Å². The van der Waals surface area contributed by atoms with Gasteiger partial charge in [-0.05, 0) is 12.8 Å². The molecule has 0 radical (unpaired) electrons. The number of nitro benzene ring substituents is 1. The summed E-state index contributed by atoms with van der Waals surface area (Å²) in [6, 6.07) is 2.14. The monoisotopic (exact) mass is 325 g/mol. The van der Waals surface area contributed by atoms with Crippen molar-refractivity contribution in [1.29, 1.82) is 0 Å². The van der Waals surface area contributed by atoms with Crippen LogP contribution in [0.25, 0.3) is 0 Å². The molecule has 0 heterocycles. The average Bonchev–Trinajstić information content (AvgIpc) is 2.54. The van der Waals surface area contributed by atoms with Crippen LogP contribution in [0.1, 0.15) is 32.1 Å². The third kappa shape index (κ3) is 4.54. The van der Waals surface area contributed by atoms with Crippen molar-refractivity contribution in [2.75, 3.05) is 19.0 Å². The van der Waals surface area contributed by atoms with Crippen LogP contribution >= 0.6 is 0 Å². The van der Waals surface area contributed by atoms with Gasteiger partial charge < -0.3 is 15.4 Å². The Balaban J connectivity index is 1.96. The highest BCUT2D eigenvalue weighted by molar-refractivity contribution is 5.81. The Kier molecular flexibility index (Phi) is 5.72. The Labute approximate surface area is 133 Å². The third-order valence-electron chi connectivity index (χ3n) is 3.87. The topological polar surface area (TPSA) is 93.5 Å². The zero-order valence-corrected chi connectivity index (χ0v) is 12.9. The first-order chi connectivity index (χ1) is 11.0. The fourth-order valence-electron chi connectivity index (χ4n) is 2.69.